The Kier molecular flexibility index (Phi) is 3.57. The SMILES string of the molecule is Cc1cccc(C)c1-n1ncc(C2CC2)c1CO[C@@H]1C[C@@H]2C=C1CN2. The Morgan fingerprint density at radius 2 is 2.04 bits per heavy atom. The Bertz CT molecular complexity index is 827. The van der Waals surface area contributed by atoms with E-state index in [0.29, 0.717) is 18.6 Å². The second kappa shape index (κ2) is 5.82. The van der Waals surface area contributed by atoms with Crippen LogP contribution in [0.5, 0.6) is 0 Å². The normalized spacial score (nSPS) is 24.8. The van der Waals surface area contributed by atoms with E-state index in [2.05, 4.69) is 54.3 Å². The highest BCUT2D eigenvalue weighted by Gasteiger charge is 2.34. The molecule has 1 aromatic carbocycles. The second-order valence-corrected chi connectivity index (χ2v) is 7.74. The molecule has 5 rings (SSSR count). The molecule has 2 bridgehead atoms. The summed E-state index contributed by atoms with van der Waals surface area (Å²) in [6.07, 6.45) is 8.34. The van der Waals surface area contributed by atoms with Crippen LogP contribution in [0, 0.1) is 13.8 Å². The van der Waals surface area contributed by atoms with Crippen LogP contribution in [0.2, 0.25) is 0 Å². The number of benzene rings is 1. The van der Waals surface area contributed by atoms with Gasteiger partial charge in [-0.1, -0.05) is 24.3 Å². The molecule has 0 radical (unpaired) electrons. The van der Waals surface area contributed by atoms with Crippen LogP contribution in [0.25, 0.3) is 5.69 Å². The zero-order chi connectivity index (χ0) is 17.0. The summed E-state index contributed by atoms with van der Waals surface area (Å²) in [4.78, 5) is 0. The van der Waals surface area contributed by atoms with Gasteiger partial charge in [-0.05, 0) is 61.3 Å². The molecule has 1 aliphatic heterocycles. The molecule has 4 nitrogen and oxygen atoms in total. The first-order valence-corrected chi connectivity index (χ1v) is 9.39. The first-order chi connectivity index (χ1) is 12.2. The number of aryl methyl sites for hydroxylation is 2. The average Bonchev–Trinajstić information content (AvgIpc) is 3.03. The van der Waals surface area contributed by atoms with Gasteiger partial charge in [-0.3, -0.25) is 0 Å². The van der Waals surface area contributed by atoms with E-state index >= 15 is 0 Å². The molecule has 0 spiro atoms. The number of piperidine rings is 1. The van der Waals surface area contributed by atoms with Gasteiger partial charge in [0.2, 0.25) is 0 Å². The molecular formula is C21H25N3O. The largest absolute Gasteiger partial charge is 0.367 e. The van der Waals surface area contributed by atoms with E-state index < -0.39 is 0 Å². The molecule has 1 saturated carbocycles. The minimum atomic E-state index is 0.277. The summed E-state index contributed by atoms with van der Waals surface area (Å²) < 4.78 is 8.51. The first kappa shape index (κ1) is 15.4. The number of ether oxygens (including phenoxy) is 1. The van der Waals surface area contributed by atoms with E-state index in [4.69, 9.17) is 9.84 Å². The number of nitrogens with one attached hydrogen (secondary N) is 1. The summed E-state index contributed by atoms with van der Waals surface area (Å²) >= 11 is 0. The minimum Gasteiger partial charge on any atom is -0.367 e. The fraction of sp³-hybridized carbons (Fsp3) is 0.476. The molecule has 4 heteroatoms. The number of rotatable bonds is 5. The number of hydrogen-bond donors (Lipinski definition) is 1. The van der Waals surface area contributed by atoms with Crippen molar-refractivity contribution in [1.82, 2.24) is 15.1 Å². The molecule has 2 heterocycles. The molecule has 1 fully saturated rings. The standard InChI is InChI=1S/C21H25N3O/c1-13-4-3-5-14(2)21(13)24-19(18(11-23-24)15-6-7-15)12-25-20-9-17-8-16(20)10-22-17/h3-5,8,11,15,17,20,22H,6-7,9-10,12H2,1-2H3/t17-,20+/m0/s1. The van der Waals surface area contributed by atoms with Crippen molar-refractivity contribution in [3.05, 3.63) is 58.4 Å². The predicted octanol–water partition coefficient (Wildman–Crippen LogP) is 3.55. The van der Waals surface area contributed by atoms with Crippen molar-refractivity contribution >= 4 is 0 Å². The molecule has 1 N–H and O–H groups in total. The Balaban J connectivity index is 1.47. The third-order valence-corrected chi connectivity index (χ3v) is 5.86. The highest BCUT2D eigenvalue weighted by Crippen LogP contribution is 2.42. The van der Waals surface area contributed by atoms with Crippen LogP contribution >= 0.6 is 0 Å². The van der Waals surface area contributed by atoms with Gasteiger partial charge >= 0.3 is 0 Å². The first-order valence-electron chi connectivity index (χ1n) is 9.39. The van der Waals surface area contributed by atoms with E-state index in [0.717, 1.165) is 13.0 Å². The van der Waals surface area contributed by atoms with Crippen LogP contribution in [0.4, 0.5) is 0 Å². The van der Waals surface area contributed by atoms with Gasteiger partial charge in [0.1, 0.15) is 0 Å². The summed E-state index contributed by atoms with van der Waals surface area (Å²) in [7, 11) is 0. The molecule has 2 aromatic rings. The topological polar surface area (TPSA) is 39.1 Å². The Hall–Kier alpha value is -1.91. The number of hydrogen-bond acceptors (Lipinski definition) is 3. The van der Waals surface area contributed by atoms with E-state index in [9.17, 15) is 0 Å². The van der Waals surface area contributed by atoms with Crippen molar-refractivity contribution in [3.8, 4) is 5.69 Å². The molecule has 3 aliphatic rings. The van der Waals surface area contributed by atoms with Crippen LogP contribution in [-0.4, -0.2) is 28.5 Å². The van der Waals surface area contributed by atoms with Crippen molar-refractivity contribution in [2.24, 2.45) is 0 Å². The summed E-state index contributed by atoms with van der Waals surface area (Å²) in [5.74, 6) is 0.678. The minimum absolute atomic E-state index is 0.277. The number of aromatic nitrogens is 2. The zero-order valence-corrected chi connectivity index (χ0v) is 15.0. The fourth-order valence-electron chi connectivity index (χ4n) is 4.33. The highest BCUT2D eigenvalue weighted by atomic mass is 16.5. The van der Waals surface area contributed by atoms with Gasteiger partial charge in [0.05, 0.1) is 30.3 Å². The van der Waals surface area contributed by atoms with Gasteiger partial charge in [-0.15, -0.1) is 0 Å². The van der Waals surface area contributed by atoms with Gasteiger partial charge in [0.25, 0.3) is 0 Å². The highest BCUT2D eigenvalue weighted by molar-refractivity contribution is 5.48. The summed E-state index contributed by atoms with van der Waals surface area (Å²) in [5, 5.41) is 8.25. The van der Waals surface area contributed by atoms with E-state index in [1.807, 2.05) is 0 Å². The molecule has 0 amide bonds. The lowest BCUT2D eigenvalue weighted by atomic mass is 10.1. The maximum atomic E-state index is 6.37. The molecule has 2 aliphatic carbocycles. The van der Waals surface area contributed by atoms with Gasteiger partial charge in [-0.2, -0.15) is 5.10 Å². The zero-order valence-electron chi connectivity index (χ0n) is 15.0. The Morgan fingerprint density at radius 1 is 1.24 bits per heavy atom. The monoisotopic (exact) mass is 335 g/mol. The second-order valence-electron chi connectivity index (χ2n) is 7.74. The van der Waals surface area contributed by atoms with Crippen molar-refractivity contribution in [2.45, 2.75) is 57.8 Å². The maximum Gasteiger partial charge on any atom is 0.0900 e. The van der Waals surface area contributed by atoms with E-state index in [1.165, 1.54) is 46.5 Å². The molecule has 130 valence electrons. The van der Waals surface area contributed by atoms with Crippen LogP contribution in [0.15, 0.2) is 36.0 Å². The molecule has 0 saturated heterocycles. The molecule has 0 unspecified atom stereocenters. The van der Waals surface area contributed by atoms with Crippen LogP contribution in [-0.2, 0) is 11.3 Å². The van der Waals surface area contributed by atoms with Gasteiger partial charge in [0.15, 0.2) is 0 Å². The van der Waals surface area contributed by atoms with Crippen molar-refractivity contribution < 1.29 is 4.74 Å². The number of fused-ring (bicyclic) bond motifs is 1. The molecule has 25 heavy (non-hydrogen) atoms. The number of nitrogens with zero attached hydrogens (tertiary/aromatic N) is 2. The summed E-state index contributed by atoms with van der Waals surface area (Å²) in [6.45, 7) is 5.96. The lowest BCUT2D eigenvalue weighted by Crippen LogP contribution is -2.33. The summed E-state index contributed by atoms with van der Waals surface area (Å²) in [6, 6.07) is 6.96. The van der Waals surface area contributed by atoms with Crippen LogP contribution in [0.3, 0.4) is 0 Å². The van der Waals surface area contributed by atoms with E-state index in [-0.39, 0.29) is 6.10 Å². The quantitative estimate of drug-likeness (QED) is 0.849. The van der Waals surface area contributed by atoms with Crippen LogP contribution in [0.1, 0.15) is 47.6 Å². The predicted molar refractivity (Wildman–Crippen MR) is 98.1 cm³/mol. The molecular weight excluding hydrogens is 310 g/mol. The van der Waals surface area contributed by atoms with Gasteiger partial charge in [-0.25, -0.2) is 4.68 Å². The molecule has 1 aromatic heterocycles. The maximum absolute atomic E-state index is 6.37. The Labute approximate surface area is 148 Å². The summed E-state index contributed by atoms with van der Waals surface area (Å²) in [5.41, 5.74) is 7.80. The van der Waals surface area contributed by atoms with Gasteiger partial charge in [0, 0.05) is 12.6 Å². The smallest absolute Gasteiger partial charge is 0.0900 e. The van der Waals surface area contributed by atoms with E-state index in [1.54, 1.807) is 0 Å². The average molecular weight is 335 g/mol. The number of para-hydroxylation sites is 1. The lowest BCUT2D eigenvalue weighted by molar-refractivity contribution is 0.0512. The van der Waals surface area contributed by atoms with Crippen molar-refractivity contribution in [2.75, 3.05) is 6.54 Å². The van der Waals surface area contributed by atoms with Crippen LogP contribution < -0.4 is 5.32 Å². The fourth-order valence-corrected chi connectivity index (χ4v) is 4.33. The van der Waals surface area contributed by atoms with Gasteiger partial charge < -0.3 is 10.1 Å². The van der Waals surface area contributed by atoms with Crippen molar-refractivity contribution in [3.63, 3.8) is 0 Å². The third kappa shape index (κ3) is 2.64. The molecule has 2 atom stereocenters. The Morgan fingerprint density at radius 3 is 2.68 bits per heavy atom. The third-order valence-electron chi connectivity index (χ3n) is 5.86. The van der Waals surface area contributed by atoms with Crippen molar-refractivity contribution in [1.29, 1.82) is 0 Å². The lowest BCUT2D eigenvalue weighted by Gasteiger charge is -2.23.